The highest BCUT2D eigenvalue weighted by molar-refractivity contribution is 7.21. The first-order valence-corrected chi connectivity index (χ1v) is 10.6. The van der Waals surface area contributed by atoms with Crippen LogP contribution >= 0.6 is 11.3 Å². The lowest BCUT2D eigenvalue weighted by atomic mass is 10.2. The molecule has 0 atom stereocenters. The molecule has 0 aliphatic carbocycles. The van der Waals surface area contributed by atoms with Crippen LogP contribution in [0.15, 0.2) is 47.8 Å². The number of fused-ring (bicyclic) bond motifs is 1. The summed E-state index contributed by atoms with van der Waals surface area (Å²) in [6, 6.07) is 10.3. The maximum atomic E-state index is 5.52. The Labute approximate surface area is 177 Å². The Bertz CT molecular complexity index is 1180. The lowest BCUT2D eigenvalue weighted by Gasteiger charge is -2.28. The molecule has 1 fully saturated rings. The predicted octanol–water partition coefficient (Wildman–Crippen LogP) is 3.67. The summed E-state index contributed by atoms with van der Waals surface area (Å²) in [7, 11) is 0. The largest absolute Gasteiger partial charge is 0.378 e. The molecule has 1 aliphatic rings. The maximum absolute atomic E-state index is 5.52. The van der Waals surface area contributed by atoms with E-state index in [1.807, 2.05) is 24.5 Å². The number of benzene rings is 1. The average Bonchev–Trinajstić information content (AvgIpc) is 3.44. The molecule has 1 aliphatic heterocycles. The van der Waals surface area contributed by atoms with Crippen LogP contribution in [0.5, 0.6) is 0 Å². The summed E-state index contributed by atoms with van der Waals surface area (Å²) in [6.07, 6.45) is 5.48. The molecule has 4 aromatic rings. The Kier molecular flexibility index (Phi) is 5.12. The molecule has 0 saturated carbocycles. The fourth-order valence-corrected chi connectivity index (χ4v) is 4.42. The lowest BCUT2D eigenvalue weighted by Crippen LogP contribution is -2.37. The summed E-state index contributed by atoms with van der Waals surface area (Å²) in [5.74, 6) is 1.39. The van der Waals surface area contributed by atoms with Gasteiger partial charge in [0.15, 0.2) is 0 Å². The molecule has 2 N–H and O–H groups in total. The van der Waals surface area contributed by atoms with Gasteiger partial charge in [-0.3, -0.25) is 5.10 Å². The fourth-order valence-electron chi connectivity index (χ4n) is 3.42. The number of thiophene rings is 1. The monoisotopic (exact) mass is 419 g/mol. The van der Waals surface area contributed by atoms with Crippen molar-refractivity contribution in [2.45, 2.75) is 6.92 Å². The molecule has 8 nitrogen and oxygen atoms in total. The highest BCUT2D eigenvalue weighted by atomic mass is 32.1. The van der Waals surface area contributed by atoms with Gasteiger partial charge in [-0.25, -0.2) is 10.4 Å². The maximum Gasteiger partial charge on any atom is 0.246 e. The van der Waals surface area contributed by atoms with E-state index in [1.54, 1.807) is 17.6 Å². The van der Waals surface area contributed by atoms with E-state index in [4.69, 9.17) is 14.7 Å². The van der Waals surface area contributed by atoms with E-state index in [9.17, 15) is 0 Å². The second-order valence-electron chi connectivity index (χ2n) is 7.07. The van der Waals surface area contributed by atoms with Crippen molar-refractivity contribution in [1.29, 1.82) is 0 Å². The van der Waals surface area contributed by atoms with Crippen molar-refractivity contribution >= 4 is 39.5 Å². The third kappa shape index (κ3) is 3.89. The van der Waals surface area contributed by atoms with Crippen molar-refractivity contribution in [1.82, 2.24) is 20.2 Å². The number of aryl methyl sites for hydroxylation is 1. The normalized spacial score (nSPS) is 14.6. The lowest BCUT2D eigenvalue weighted by molar-refractivity contribution is 0.122. The molecule has 152 valence electrons. The second-order valence-corrected chi connectivity index (χ2v) is 8.10. The molecule has 4 heterocycles. The Morgan fingerprint density at radius 3 is 2.93 bits per heavy atom. The SMILES string of the molecule is Cc1cccc(/C=N/Nc2nc(N3CCOCC3)c3cc(-c4cn[nH]c4)sc3n2)c1. The summed E-state index contributed by atoms with van der Waals surface area (Å²) < 4.78 is 5.52. The first-order valence-electron chi connectivity index (χ1n) is 9.75. The summed E-state index contributed by atoms with van der Waals surface area (Å²) in [6.45, 7) is 5.05. The van der Waals surface area contributed by atoms with Crippen molar-refractivity contribution < 1.29 is 4.74 Å². The Balaban J connectivity index is 1.50. The topological polar surface area (TPSA) is 91.3 Å². The van der Waals surface area contributed by atoms with Gasteiger partial charge in [0.1, 0.15) is 10.6 Å². The summed E-state index contributed by atoms with van der Waals surface area (Å²) in [5, 5.41) is 12.3. The van der Waals surface area contributed by atoms with Crippen molar-refractivity contribution in [3.8, 4) is 10.4 Å². The van der Waals surface area contributed by atoms with Gasteiger partial charge in [0.2, 0.25) is 5.95 Å². The number of hydrogen-bond donors (Lipinski definition) is 2. The van der Waals surface area contributed by atoms with Crippen LogP contribution in [0.2, 0.25) is 0 Å². The zero-order valence-electron chi connectivity index (χ0n) is 16.5. The number of nitrogens with zero attached hydrogens (tertiary/aromatic N) is 5. The van der Waals surface area contributed by atoms with Crippen LogP contribution in [0.1, 0.15) is 11.1 Å². The summed E-state index contributed by atoms with van der Waals surface area (Å²) >= 11 is 1.62. The third-order valence-electron chi connectivity index (χ3n) is 4.89. The standard InChI is InChI=1S/C21H21N7OS/c1-14-3-2-4-15(9-14)11-24-27-21-25-19(28-5-7-29-8-6-28)17-10-18(30-20(17)26-21)16-12-22-23-13-16/h2-4,9-13H,5-8H2,1H3,(H,22,23)(H,25,26,27)/b24-11+. The molecular formula is C21H21N7OS. The quantitative estimate of drug-likeness (QED) is 0.379. The van der Waals surface area contributed by atoms with Gasteiger partial charge in [-0.1, -0.05) is 29.8 Å². The van der Waals surface area contributed by atoms with Crippen LogP contribution < -0.4 is 10.3 Å². The molecule has 0 bridgehead atoms. The van der Waals surface area contributed by atoms with E-state index in [0.717, 1.165) is 45.1 Å². The molecule has 0 unspecified atom stereocenters. The molecule has 9 heteroatoms. The number of aromatic nitrogens is 4. The highest BCUT2D eigenvalue weighted by Crippen LogP contribution is 2.37. The van der Waals surface area contributed by atoms with Crippen LogP contribution in [0.3, 0.4) is 0 Å². The number of nitrogens with one attached hydrogen (secondary N) is 2. The van der Waals surface area contributed by atoms with E-state index in [1.165, 1.54) is 5.56 Å². The number of morpholine rings is 1. The first kappa shape index (κ1) is 18.7. The minimum atomic E-state index is 0.480. The molecule has 3 aromatic heterocycles. The minimum Gasteiger partial charge on any atom is -0.378 e. The van der Waals surface area contributed by atoms with Crippen LogP contribution in [0, 0.1) is 6.92 Å². The van der Waals surface area contributed by atoms with Gasteiger partial charge in [-0.15, -0.1) is 11.3 Å². The van der Waals surface area contributed by atoms with Crippen molar-refractivity contribution in [3.05, 3.63) is 53.9 Å². The van der Waals surface area contributed by atoms with Crippen LogP contribution in [-0.4, -0.2) is 52.7 Å². The highest BCUT2D eigenvalue weighted by Gasteiger charge is 2.20. The Morgan fingerprint density at radius 2 is 2.13 bits per heavy atom. The molecule has 0 spiro atoms. The zero-order valence-corrected chi connectivity index (χ0v) is 17.3. The number of hydrogen-bond acceptors (Lipinski definition) is 8. The number of anilines is 2. The van der Waals surface area contributed by atoms with Gasteiger partial charge >= 0.3 is 0 Å². The van der Waals surface area contributed by atoms with E-state index in [2.05, 4.69) is 50.7 Å². The average molecular weight is 420 g/mol. The third-order valence-corrected chi connectivity index (χ3v) is 5.96. The van der Waals surface area contributed by atoms with Gasteiger partial charge in [0.05, 0.1) is 31.0 Å². The van der Waals surface area contributed by atoms with Gasteiger partial charge in [-0.05, 0) is 18.6 Å². The molecule has 1 saturated heterocycles. The van der Waals surface area contributed by atoms with Crippen molar-refractivity contribution in [3.63, 3.8) is 0 Å². The van der Waals surface area contributed by atoms with E-state index in [-0.39, 0.29) is 0 Å². The zero-order chi connectivity index (χ0) is 20.3. The Hall–Kier alpha value is -3.30. The van der Waals surface area contributed by atoms with Gasteiger partial charge in [-0.2, -0.15) is 15.2 Å². The van der Waals surface area contributed by atoms with Gasteiger partial charge < -0.3 is 9.64 Å². The van der Waals surface area contributed by atoms with Gasteiger partial charge in [0.25, 0.3) is 0 Å². The number of hydrazone groups is 1. The minimum absolute atomic E-state index is 0.480. The van der Waals surface area contributed by atoms with Crippen molar-refractivity contribution in [2.24, 2.45) is 5.10 Å². The molecule has 1 aromatic carbocycles. The summed E-state index contributed by atoms with van der Waals surface area (Å²) in [4.78, 5) is 13.7. The fraction of sp³-hybridized carbons (Fsp3) is 0.238. The number of H-pyrrole nitrogens is 1. The predicted molar refractivity (Wildman–Crippen MR) is 120 cm³/mol. The Morgan fingerprint density at radius 1 is 1.23 bits per heavy atom. The van der Waals surface area contributed by atoms with Crippen LogP contribution in [0.25, 0.3) is 20.7 Å². The molecular weight excluding hydrogens is 398 g/mol. The smallest absolute Gasteiger partial charge is 0.246 e. The van der Waals surface area contributed by atoms with Crippen molar-refractivity contribution in [2.75, 3.05) is 36.6 Å². The van der Waals surface area contributed by atoms with E-state index < -0.39 is 0 Å². The number of aromatic amines is 1. The first-order chi connectivity index (χ1) is 14.8. The van der Waals surface area contributed by atoms with Gasteiger partial charge in [0, 0.05) is 29.7 Å². The van der Waals surface area contributed by atoms with Crippen LogP contribution in [0.4, 0.5) is 11.8 Å². The number of ether oxygens (including phenoxy) is 1. The second kappa shape index (κ2) is 8.21. The molecule has 0 amide bonds. The molecule has 0 radical (unpaired) electrons. The number of rotatable bonds is 5. The molecule has 30 heavy (non-hydrogen) atoms. The van der Waals surface area contributed by atoms with E-state index >= 15 is 0 Å². The van der Waals surface area contributed by atoms with Crippen LogP contribution in [-0.2, 0) is 4.74 Å². The summed E-state index contributed by atoms with van der Waals surface area (Å²) in [5.41, 5.74) is 6.26. The van der Waals surface area contributed by atoms with E-state index in [0.29, 0.717) is 19.2 Å². The molecule has 5 rings (SSSR count).